The Morgan fingerprint density at radius 1 is 1.11 bits per heavy atom. The number of esters is 1. The summed E-state index contributed by atoms with van der Waals surface area (Å²) in [4.78, 5) is 36.2. The van der Waals surface area contributed by atoms with Gasteiger partial charge in [0.1, 0.15) is 11.6 Å². The summed E-state index contributed by atoms with van der Waals surface area (Å²) >= 11 is 0. The molecule has 1 rings (SSSR count). The van der Waals surface area contributed by atoms with Crippen LogP contribution in [-0.4, -0.2) is 42.8 Å². The first-order valence-electron chi connectivity index (χ1n) is 9.10. The second kappa shape index (κ2) is 10.5. The van der Waals surface area contributed by atoms with Crippen molar-refractivity contribution in [2.75, 3.05) is 13.2 Å². The lowest BCUT2D eigenvalue weighted by atomic mass is 9.99. The molecular weight excluding hydrogens is 348 g/mol. The van der Waals surface area contributed by atoms with Gasteiger partial charge >= 0.3 is 12.1 Å². The van der Waals surface area contributed by atoms with Gasteiger partial charge in [0.05, 0.1) is 12.5 Å². The lowest BCUT2D eigenvalue weighted by Crippen LogP contribution is -2.48. The Bertz CT molecular complexity index is 625. The number of ether oxygens (including phenoxy) is 2. The van der Waals surface area contributed by atoms with Crippen LogP contribution < -0.4 is 10.6 Å². The van der Waals surface area contributed by atoms with Gasteiger partial charge in [0.15, 0.2) is 0 Å². The average Bonchev–Trinajstić information content (AvgIpc) is 2.57. The van der Waals surface area contributed by atoms with Gasteiger partial charge in [0, 0.05) is 6.54 Å². The maximum atomic E-state index is 12.2. The van der Waals surface area contributed by atoms with Crippen LogP contribution in [0.3, 0.4) is 0 Å². The molecule has 0 aliphatic heterocycles. The molecule has 27 heavy (non-hydrogen) atoms. The summed E-state index contributed by atoms with van der Waals surface area (Å²) in [5, 5.41) is 5.17. The number of benzene rings is 1. The van der Waals surface area contributed by atoms with E-state index in [0.29, 0.717) is 6.42 Å². The summed E-state index contributed by atoms with van der Waals surface area (Å²) in [5.74, 6) is -1.28. The van der Waals surface area contributed by atoms with Crippen molar-refractivity contribution in [1.29, 1.82) is 0 Å². The molecule has 2 N–H and O–H groups in total. The third-order valence-corrected chi connectivity index (χ3v) is 3.59. The van der Waals surface area contributed by atoms with Crippen molar-refractivity contribution in [3.8, 4) is 0 Å². The number of carbonyl (C=O) groups excluding carboxylic acids is 3. The van der Waals surface area contributed by atoms with E-state index < -0.39 is 29.6 Å². The summed E-state index contributed by atoms with van der Waals surface area (Å²) in [5.41, 5.74) is 0.329. The second-order valence-electron chi connectivity index (χ2n) is 7.25. The molecule has 0 heterocycles. The Morgan fingerprint density at radius 2 is 1.74 bits per heavy atom. The highest BCUT2D eigenvalue weighted by Gasteiger charge is 2.24. The summed E-state index contributed by atoms with van der Waals surface area (Å²) in [6.07, 6.45) is -0.218. The molecule has 0 spiro atoms. The molecule has 0 saturated carbocycles. The topological polar surface area (TPSA) is 93.7 Å². The fraction of sp³-hybridized carbons (Fsp3) is 0.550. The Balaban J connectivity index is 2.61. The minimum atomic E-state index is -0.792. The number of alkyl carbamates (subject to hydrolysis) is 1. The molecule has 7 nitrogen and oxygen atoms in total. The average molecular weight is 378 g/mol. The zero-order valence-electron chi connectivity index (χ0n) is 16.7. The zero-order chi connectivity index (χ0) is 20.4. The molecule has 150 valence electrons. The van der Waals surface area contributed by atoms with Crippen molar-refractivity contribution in [3.05, 3.63) is 35.9 Å². The van der Waals surface area contributed by atoms with Crippen molar-refractivity contribution >= 4 is 18.0 Å². The first-order valence-corrected chi connectivity index (χ1v) is 9.10. The predicted octanol–water partition coefficient (Wildman–Crippen LogP) is 2.44. The van der Waals surface area contributed by atoms with Crippen LogP contribution in [0.2, 0.25) is 0 Å². The van der Waals surface area contributed by atoms with Gasteiger partial charge in [-0.05, 0) is 46.6 Å². The Hall–Kier alpha value is -2.57. The van der Waals surface area contributed by atoms with Crippen LogP contribution in [0.4, 0.5) is 4.79 Å². The number of hydrogen-bond donors (Lipinski definition) is 2. The molecule has 1 aromatic carbocycles. The first-order chi connectivity index (χ1) is 12.6. The van der Waals surface area contributed by atoms with E-state index in [9.17, 15) is 14.4 Å². The van der Waals surface area contributed by atoms with Gasteiger partial charge < -0.3 is 20.1 Å². The minimum absolute atomic E-state index is 0.118. The van der Waals surface area contributed by atoms with E-state index in [1.54, 1.807) is 34.6 Å². The van der Waals surface area contributed by atoms with Gasteiger partial charge in [0.2, 0.25) is 5.91 Å². The maximum Gasteiger partial charge on any atom is 0.408 e. The van der Waals surface area contributed by atoms with E-state index in [2.05, 4.69) is 10.6 Å². The normalized spacial score (nSPS) is 13.2. The summed E-state index contributed by atoms with van der Waals surface area (Å²) in [6.45, 7) is 8.90. The molecule has 1 aromatic rings. The fourth-order valence-corrected chi connectivity index (χ4v) is 2.32. The smallest absolute Gasteiger partial charge is 0.408 e. The van der Waals surface area contributed by atoms with Crippen LogP contribution >= 0.6 is 0 Å². The molecule has 0 bridgehead atoms. The Kier molecular flexibility index (Phi) is 8.78. The summed E-state index contributed by atoms with van der Waals surface area (Å²) in [6, 6.07) is 8.72. The van der Waals surface area contributed by atoms with Crippen LogP contribution in [0.1, 0.15) is 40.2 Å². The van der Waals surface area contributed by atoms with E-state index in [0.717, 1.165) is 5.56 Å². The van der Waals surface area contributed by atoms with Gasteiger partial charge in [-0.3, -0.25) is 9.59 Å². The predicted molar refractivity (Wildman–Crippen MR) is 102 cm³/mol. The third-order valence-electron chi connectivity index (χ3n) is 3.59. The van der Waals surface area contributed by atoms with Gasteiger partial charge in [-0.2, -0.15) is 0 Å². The van der Waals surface area contributed by atoms with E-state index in [-0.39, 0.29) is 19.1 Å². The quantitative estimate of drug-likeness (QED) is 0.678. The summed E-state index contributed by atoms with van der Waals surface area (Å²) in [7, 11) is 0. The zero-order valence-corrected chi connectivity index (χ0v) is 16.7. The number of rotatable bonds is 8. The number of carbonyl (C=O) groups is 3. The molecule has 0 aromatic heterocycles. The Morgan fingerprint density at radius 3 is 2.30 bits per heavy atom. The molecule has 2 unspecified atom stereocenters. The number of nitrogens with one attached hydrogen (secondary N) is 2. The Labute approximate surface area is 160 Å². The highest BCUT2D eigenvalue weighted by Crippen LogP contribution is 2.10. The molecule has 0 radical (unpaired) electrons. The summed E-state index contributed by atoms with van der Waals surface area (Å²) < 4.78 is 10.2. The lowest BCUT2D eigenvalue weighted by Gasteiger charge is -2.22. The lowest BCUT2D eigenvalue weighted by molar-refractivity contribution is -0.147. The molecule has 0 fully saturated rings. The van der Waals surface area contributed by atoms with Gasteiger partial charge in [-0.1, -0.05) is 30.3 Å². The van der Waals surface area contributed by atoms with Crippen molar-refractivity contribution in [2.45, 2.75) is 52.7 Å². The second-order valence-corrected chi connectivity index (χ2v) is 7.25. The van der Waals surface area contributed by atoms with Crippen LogP contribution in [-0.2, 0) is 25.5 Å². The largest absolute Gasteiger partial charge is 0.466 e. The van der Waals surface area contributed by atoms with E-state index >= 15 is 0 Å². The molecule has 0 aliphatic carbocycles. The van der Waals surface area contributed by atoms with Crippen LogP contribution in [0.25, 0.3) is 0 Å². The molecular formula is C20H30N2O5. The van der Waals surface area contributed by atoms with Crippen molar-refractivity contribution in [2.24, 2.45) is 5.92 Å². The van der Waals surface area contributed by atoms with Crippen molar-refractivity contribution < 1.29 is 23.9 Å². The first kappa shape index (κ1) is 22.5. The SMILES string of the molecule is CCOC(=O)C(CNC(=O)C(C)NC(=O)OC(C)(C)C)Cc1ccccc1. The fourth-order valence-electron chi connectivity index (χ4n) is 2.32. The third kappa shape index (κ3) is 9.08. The highest BCUT2D eigenvalue weighted by molar-refractivity contribution is 5.85. The van der Waals surface area contributed by atoms with E-state index in [1.807, 2.05) is 30.3 Å². The van der Waals surface area contributed by atoms with Gasteiger partial charge in [-0.15, -0.1) is 0 Å². The molecule has 2 atom stereocenters. The number of amides is 2. The monoisotopic (exact) mass is 378 g/mol. The maximum absolute atomic E-state index is 12.2. The minimum Gasteiger partial charge on any atom is -0.466 e. The molecule has 7 heteroatoms. The van der Waals surface area contributed by atoms with E-state index in [1.165, 1.54) is 0 Å². The highest BCUT2D eigenvalue weighted by atomic mass is 16.6. The molecule has 2 amide bonds. The van der Waals surface area contributed by atoms with Crippen LogP contribution in [0.15, 0.2) is 30.3 Å². The van der Waals surface area contributed by atoms with Crippen molar-refractivity contribution in [1.82, 2.24) is 10.6 Å². The van der Waals surface area contributed by atoms with Gasteiger partial charge in [0.25, 0.3) is 0 Å². The molecule has 0 saturated heterocycles. The van der Waals surface area contributed by atoms with E-state index in [4.69, 9.17) is 9.47 Å². The van der Waals surface area contributed by atoms with Crippen molar-refractivity contribution in [3.63, 3.8) is 0 Å². The van der Waals surface area contributed by atoms with Gasteiger partial charge in [-0.25, -0.2) is 4.79 Å². The number of hydrogen-bond acceptors (Lipinski definition) is 5. The van der Waals surface area contributed by atoms with Crippen LogP contribution in [0, 0.1) is 5.92 Å². The van der Waals surface area contributed by atoms with Crippen LogP contribution in [0.5, 0.6) is 0 Å². The standard InChI is InChI=1S/C20H30N2O5/c1-6-26-18(24)16(12-15-10-8-7-9-11-15)13-21-17(23)14(2)22-19(25)27-20(3,4)5/h7-11,14,16H,6,12-13H2,1-5H3,(H,21,23)(H,22,25). The molecule has 0 aliphatic rings.